The third kappa shape index (κ3) is 4.95. The monoisotopic (exact) mass is 311 g/mol. The predicted octanol–water partition coefficient (Wildman–Crippen LogP) is 3.21. The van der Waals surface area contributed by atoms with Crippen LogP contribution in [0.3, 0.4) is 0 Å². The Labute approximate surface area is 136 Å². The van der Waals surface area contributed by atoms with Gasteiger partial charge >= 0.3 is 0 Å². The van der Waals surface area contributed by atoms with Crippen molar-refractivity contribution in [2.24, 2.45) is 0 Å². The van der Waals surface area contributed by atoms with Gasteiger partial charge < -0.3 is 10.1 Å². The molecular formula is C19H21NO3. The molecule has 0 fully saturated rings. The van der Waals surface area contributed by atoms with Gasteiger partial charge in [0.25, 0.3) is 5.91 Å². The molecule has 0 aromatic heterocycles. The molecule has 0 saturated heterocycles. The molecule has 0 spiro atoms. The van der Waals surface area contributed by atoms with Crippen LogP contribution >= 0.6 is 0 Å². The molecule has 1 atom stereocenters. The van der Waals surface area contributed by atoms with Crippen LogP contribution in [0.5, 0.6) is 5.75 Å². The maximum Gasteiger partial charge on any atom is 0.258 e. The number of ketones is 1. The van der Waals surface area contributed by atoms with E-state index in [1.54, 1.807) is 36.4 Å². The van der Waals surface area contributed by atoms with Gasteiger partial charge in [0, 0.05) is 17.2 Å². The van der Waals surface area contributed by atoms with E-state index in [0.717, 1.165) is 6.42 Å². The van der Waals surface area contributed by atoms with Crippen molar-refractivity contribution in [1.82, 2.24) is 5.32 Å². The van der Waals surface area contributed by atoms with Crippen molar-refractivity contribution in [3.63, 3.8) is 0 Å². The van der Waals surface area contributed by atoms with Gasteiger partial charge in [-0.05, 0) is 37.6 Å². The summed E-state index contributed by atoms with van der Waals surface area (Å²) in [7, 11) is 0. The van der Waals surface area contributed by atoms with Gasteiger partial charge in [0.05, 0.1) is 0 Å². The molecule has 0 saturated carbocycles. The fraction of sp³-hybridized carbons (Fsp3) is 0.263. The van der Waals surface area contributed by atoms with Gasteiger partial charge in [-0.2, -0.15) is 0 Å². The summed E-state index contributed by atoms with van der Waals surface area (Å²) in [5.41, 5.74) is 1.24. The number of amides is 1. The minimum absolute atomic E-state index is 0.0314. The van der Waals surface area contributed by atoms with E-state index in [1.807, 2.05) is 32.0 Å². The first-order chi connectivity index (χ1) is 11.1. The van der Waals surface area contributed by atoms with Crippen LogP contribution in [0.4, 0.5) is 0 Å². The number of rotatable bonds is 7. The van der Waals surface area contributed by atoms with Gasteiger partial charge in [0.15, 0.2) is 12.4 Å². The van der Waals surface area contributed by atoms with Crippen molar-refractivity contribution in [2.75, 3.05) is 6.61 Å². The second-order valence-corrected chi connectivity index (χ2v) is 5.39. The fourth-order valence-corrected chi connectivity index (χ4v) is 2.03. The highest BCUT2D eigenvalue weighted by atomic mass is 16.5. The Morgan fingerprint density at radius 2 is 1.61 bits per heavy atom. The summed E-state index contributed by atoms with van der Waals surface area (Å²) in [6.07, 6.45) is 0.877. The zero-order valence-electron chi connectivity index (χ0n) is 13.4. The van der Waals surface area contributed by atoms with Crippen LogP contribution in [0, 0.1) is 0 Å². The molecule has 2 aromatic carbocycles. The minimum atomic E-state index is -0.149. The summed E-state index contributed by atoms with van der Waals surface area (Å²) in [5.74, 6) is 0.379. The highest BCUT2D eigenvalue weighted by molar-refractivity contribution is 6.08. The number of nitrogens with one attached hydrogen (secondary N) is 1. The van der Waals surface area contributed by atoms with E-state index >= 15 is 0 Å². The van der Waals surface area contributed by atoms with Gasteiger partial charge in [-0.25, -0.2) is 0 Å². The van der Waals surface area contributed by atoms with Crippen molar-refractivity contribution < 1.29 is 14.3 Å². The Morgan fingerprint density at radius 3 is 2.22 bits per heavy atom. The van der Waals surface area contributed by atoms with E-state index in [2.05, 4.69) is 5.32 Å². The fourth-order valence-electron chi connectivity index (χ4n) is 2.03. The molecule has 0 aliphatic carbocycles. The number of carbonyl (C=O) groups is 2. The zero-order valence-corrected chi connectivity index (χ0v) is 13.4. The highest BCUT2D eigenvalue weighted by Crippen LogP contribution is 2.15. The molecule has 0 bridgehead atoms. The lowest BCUT2D eigenvalue weighted by Crippen LogP contribution is -2.35. The molecule has 120 valence electrons. The van der Waals surface area contributed by atoms with Crippen LogP contribution in [0.25, 0.3) is 0 Å². The molecule has 0 heterocycles. The summed E-state index contributed by atoms with van der Waals surface area (Å²) >= 11 is 0. The average molecular weight is 311 g/mol. The van der Waals surface area contributed by atoms with Gasteiger partial charge in [0.1, 0.15) is 5.75 Å². The molecule has 2 aromatic rings. The summed E-state index contributed by atoms with van der Waals surface area (Å²) in [6.45, 7) is 3.92. The molecule has 1 N–H and O–H groups in total. The van der Waals surface area contributed by atoms with Gasteiger partial charge in [-0.15, -0.1) is 0 Å². The molecule has 0 aliphatic rings. The minimum Gasteiger partial charge on any atom is -0.484 e. The first kappa shape index (κ1) is 16.7. The SMILES string of the molecule is CCC(C)NC(=O)COc1ccc(C(=O)c2ccccc2)cc1. The van der Waals surface area contributed by atoms with Crippen LogP contribution < -0.4 is 10.1 Å². The predicted molar refractivity (Wildman–Crippen MR) is 89.7 cm³/mol. The second-order valence-electron chi connectivity index (χ2n) is 5.39. The number of hydrogen-bond donors (Lipinski definition) is 1. The smallest absolute Gasteiger partial charge is 0.258 e. The molecular weight excluding hydrogens is 290 g/mol. The van der Waals surface area contributed by atoms with Crippen LogP contribution in [-0.2, 0) is 4.79 Å². The first-order valence-electron chi connectivity index (χ1n) is 7.72. The summed E-state index contributed by atoms with van der Waals surface area (Å²) < 4.78 is 5.43. The molecule has 1 unspecified atom stereocenters. The van der Waals surface area contributed by atoms with E-state index in [4.69, 9.17) is 4.74 Å². The highest BCUT2D eigenvalue weighted by Gasteiger charge is 2.09. The molecule has 4 nitrogen and oxygen atoms in total. The zero-order chi connectivity index (χ0) is 16.7. The molecule has 1 amide bonds. The third-order valence-electron chi connectivity index (χ3n) is 3.54. The normalized spacial score (nSPS) is 11.6. The van der Waals surface area contributed by atoms with E-state index in [9.17, 15) is 9.59 Å². The Hall–Kier alpha value is -2.62. The van der Waals surface area contributed by atoms with Crippen LogP contribution in [0.1, 0.15) is 36.2 Å². The Balaban J connectivity index is 1.92. The van der Waals surface area contributed by atoms with Crippen LogP contribution in [-0.4, -0.2) is 24.3 Å². The number of hydrogen-bond acceptors (Lipinski definition) is 3. The Morgan fingerprint density at radius 1 is 1.00 bits per heavy atom. The molecule has 23 heavy (non-hydrogen) atoms. The lowest BCUT2D eigenvalue weighted by molar-refractivity contribution is -0.123. The summed E-state index contributed by atoms with van der Waals surface area (Å²) in [4.78, 5) is 23.9. The average Bonchev–Trinajstić information content (AvgIpc) is 2.60. The topological polar surface area (TPSA) is 55.4 Å². The maximum atomic E-state index is 12.3. The van der Waals surface area contributed by atoms with Crippen LogP contribution in [0.2, 0.25) is 0 Å². The number of benzene rings is 2. The Bertz CT molecular complexity index is 650. The lowest BCUT2D eigenvalue weighted by Gasteiger charge is -2.12. The Kier molecular flexibility index (Phi) is 5.92. The third-order valence-corrected chi connectivity index (χ3v) is 3.54. The summed E-state index contributed by atoms with van der Waals surface area (Å²) in [6, 6.07) is 16.1. The largest absolute Gasteiger partial charge is 0.484 e. The molecule has 0 aliphatic heterocycles. The van der Waals surface area contributed by atoms with Crippen molar-refractivity contribution in [3.05, 3.63) is 65.7 Å². The lowest BCUT2D eigenvalue weighted by atomic mass is 10.0. The summed E-state index contributed by atoms with van der Waals surface area (Å²) in [5, 5.41) is 2.83. The molecule has 2 rings (SSSR count). The van der Waals surface area contributed by atoms with E-state index in [-0.39, 0.29) is 24.3 Å². The van der Waals surface area contributed by atoms with E-state index in [1.165, 1.54) is 0 Å². The maximum absolute atomic E-state index is 12.3. The van der Waals surface area contributed by atoms with E-state index in [0.29, 0.717) is 16.9 Å². The van der Waals surface area contributed by atoms with E-state index < -0.39 is 0 Å². The van der Waals surface area contributed by atoms with Crippen molar-refractivity contribution in [3.8, 4) is 5.75 Å². The van der Waals surface area contributed by atoms with Gasteiger partial charge in [-0.1, -0.05) is 37.3 Å². The molecule has 4 heteroatoms. The van der Waals surface area contributed by atoms with Crippen molar-refractivity contribution in [2.45, 2.75) is 26.3 Å². The standard InChI is InChI=1S/C19H21NO3/c1-3-14(2)20-18(21)13-23-17-11-9-16(10-12-17)19(22)15-7-5-4-6-8-15/h4-12,14H,3,13H2,1-2H3,(H,20,21). The first-order valence-corrected chi connectivity index (χ1v) is 7.72. The number of ether oxygens (including phenoxy) is 1. The quantitative estimate of drug-likeness (QED) is 0.799. The van der Waals surface area contributed by atoms with Crippen molar-refractivity contribution in [1.29, 1.82) is 0 Å². The van der Waals surface area contributed by atoms with Crippen molar-refractivity contribution >= 4 is 11.7 Å². The van der Waals surface area contributed by atoms with Crippen LogP contribution in [0.15, 0.2) is 54.6 Å². The van der Waals surface area contributed by atoms with Gasteiger partial charge in [-0.3, -0.25) is 9.59 Å². The van der Waals surface area contributed by atoms with Gasteiger partial charge in [0.2, 0.25) is 0 Å². The second kappa shape index (κ2) is 8.13. The molecule has 0 radical (unpaired) electrons. The number of carbonyl (C=O) groups excluding carboxylic acids is 2.